The fraction of sp³-hybridized carbons (Fsp3) is 0.625. The zero-order chi connectivity index (χ0) is 8.48. The van der Waals surface area contributed by atoms with Crippen molar-refractivity contribution in [2.24, 2.45) is 5.10 Å². The van der Waals surface area contributed by atoms with E-state index in [0.29, 0.717) is 0 Å². The normalized spacial score (nSPS) is 21.8. The number of hydrogen-bond donors (Lipinski definition) is 0. The number of hydrogen-bond acceptors (Lipinski definition) is 3. The molecular formula is C8H14N2S. The van der Waals surface area contributed by atoms with Crippen molar-refractivity contribution < 1.29 is 0 Å². The summed E-state index contributed by atoms with van der Waals surface area (Å²) in [6.07, 6.45) is 6.19. The van der Waals surface area contributed by atoms with Gasteiger partial charge in [0.1, 0.15) is 0 Å². The minimum absolute atomic E-state index is 0.0626. The first-order valence-corrected chi connectivity index (χ1v) is 4.83. The zero-order valence-corrected chi connectivity index (χ0v) is 8.27. The van der Waals surface area contributed by atoms with Gasteiger partial charge >= 0.3 is 0 Å². The third-order valence-corrected chi connectivity index (χ3v) is 2.62. The first-order valence-electron chi connectivity index (χ1n) is 3.61. The van der Waals surface area contributed by atoms with Crippen LogP contribution >= 0.6 is 11.8 Å². The summed E-state index contributed by atoms with van der Waals surface area (Å²) in [5.74, 6) is 0. The maximum absolute atomic E-state index is 4.25. The van der Waals surface area contributed by atoms with E-state index in [1.54, 1.807) is 11.8 Å². The second-order valence-corrected chi connectivity index (χ2v) is 4.05. The highest BCUT2D eigenvalue weighted by Crippen LogP contribution is 2.24. The van der Waals surface area contributed by atoms with Crippen molar-refractivity contribution in [2.75, 3.05) is 13.3 Å². The van der Waals surface area contributed by atoms with Crippen LogP contribution in [0.25, 0.3) is 0 Å². The fourth-order valence-electron chi connectivity index (χ4n) is 0.883. The largest absolute Gasteiger partial charge is 0.291 e. The zero-order valence-electron chi connectivity index (χ0n) is 7.46. The third kappa shape index (κ3) is 1.77. The number of nitrogens with zero attached hydrogens (tertiary/aromatic N) is 2. The van der Waals surface area contributed by atoms with Gasteiger partial charge in [-0.2, -0.15) is 5.10 Å². The van der Waals surface area contributed by atoms with Crippen LogP contribution in [0.4, 0.5) is 0 Å². The molecule has 0 spiro atoms. The summed E-state index contributed by atoms with van der Waals surface area (Å²) in [4.78, 5) is 1.24. The molecule has 0 aromatic rings. The molecule has 1 aliphatic rings. The van der Waals surface area contributed by atoms with Gasteiger partial charge in [-0.05, 0) is 26.2 Å². The standard InChI is InChI=1S/C8H14N2S/c1-8(2)5-7(11-4)6-9-10(8)3/h5-6H,1-4H3. The number of allylic oxidation sites excluding steroid dienone is 1. The SMILES string of the molecule is CSC1=CC(C)(C)N(C)N=C1. The lowest BCUT2D eigenvalue weighted by Crippen LogP contribution is -2.37. The molecule has 0 N–H and O–H groups in total. The highest BCUT2D eigenvalue weighted by Gasteiger charge is 2.22. The summed E-state index contributed by atoms with van der Waals surface area (Å²) in [6.45, 7) is 4.30. The molecule has 11 heavy (non-hydrogen) atoms. The molecule has 1 heterocycles. The molecule has 0 atom stereocenters. The molecule has 0 aromatic carbocycles. The second-order valence-electron chi connectivity index (χ2n) is 3.17. The number of rotatable bonds is 1. The van der Waals surface area contributed by atoms with Crippen molar-refractivity contribution >= 4 is 18.0 Å². The van der Waals surface area contributed by atoms with E-state index in [2.05, 4.69) is 31.3 Å². The topological polar surface area (TPSA) is 15.6 Å². The molecule has 0 amide bonds. The van der Waals surface area contributed by atoms with Gasteiger partial charge in [-0.1, -0.05) is 0 Å². The Morgan fingerprint density at radius 2 is 2.18 bits per heavy atom. The molecule has 0 fully saturated rings. The van der Waals surface area contributed by atoms with Crippen LogP contribution in [-0.4, -0.2) is 30.1 Å². The Kier molecular flexibility index (Phi) is 2.28. The number of likely N-dealkylation sites (N-methyl/N-ethyl adjacent to an activating group) is 1. The quantitative estimate of drug-likeness (QED) is 0.597. The molecule has 0 aliphatic carbocycles. The molecule has 1 rings (SSSR count). The molecule has 0 saturated carbocycles. The van der Waals surface area contributed by atoms with Gasteiger partial charge in [0.15, 0.2) is 0 Å². The highest BCUT2D eigenvalue weighted by atomic mass is 32.2. The average molecular weight is 170 g/mol. The van der Waals surface area contributed by atoms with E-state index >= 15 is 0 Å². The van der Waals surface area contributed by atoms with Gasteiger partial charge in [-0.25, -0.2) is 0 Å². The van der Waals surface area contributed by atoms with Gasteiger partial charge in [0.05, 0.1) is 11.8 Å². The maximum atomic E-state index is 4.25. The van der Waals surface area contributed by atoms with E-state index in [9.17, 15) is 0 Å². The van der Waals surface area contributed by atoms with E-state index in [1.807, 2.05) is 18.3 Å². The van der Waals surface area contributed by atoms with Crippen LogP contribution in [0.2, 0.25) is 0 Å². The predicted molar refractivity (Wildman–Crippen MR) is 51.9 cm³/mol. The van der Waals surface area contributed by atoms with E-state index < -0.39 is 0 Å². The Labute approximate surface area is 72.3 Å². The second kappa shape index (κ2) is 2.89. The molecule has 62 valence electrons. The smallest absolute Gasteiger partial charge is 0.0713 e. The molecular weight excluding hydrogens is 156 g/mol. The Morgan fingerprint density at radius 3 is 2.64 bits per heavy atom. The van der Waals surface area contributed by atoms with E-state index in [-0.39, 0.29) is 5.54 Å². The van der Waals surface area contributed by atoms with Gasteiger partial charge in [-0.3, -0.25) is 5.01 Å². The summed E-state index contributed by atoms with van der Waals surface area (Å²) < 4.78 is 0. The molecule has 0 bridgehead atoms. The van der Waals surface area contributed by atoms with Crippen molar-refractivity contribution in [1.82, 2.24) is 5.01 Å². The van der Waals surface area contributed by atoms with E-state index in [1.165, 1.54) is 4.91 Å². The van der Waals surface area contributed by atoms with Gasteiger partial charge < -0.3 is 0 Å². The lowest BCUT2D eigenvalue weighted by molar-refractivity contribution is 0.211. The summed E-state index contributed by atoms with van der Waals surface area (Å²) >= 11 is 1.74. The molecule has 0 saturated heterocycles. The molecule has 0 aromatic heterocycles. The number of hydrazone groups is 1. The van der Waals surface area contributed by atoms with Crippen LogP contribution in [0.5, 0.6) is 0 Å². The van der Waals surface area contributed by atoms with Crippen LogP contribution < -0.4 is 0 Å². The summed E-state index contributed by atoms with van der Waals surface area (Å²) in [5, 5.41) is 6.22. The van der Waals surface area contributed by atoms with Crippen LogP contribution in [0, 0.1) is 0 Å². The molecule has 3 heteroatoms. The molecule has 0 radical (unpaired) electrons. The Bertz CT molecular complexity index is 206. The molecule has 0 unspecified atom stereocenters. The van der Waals surface area contributed by atoms with E-state index in [0.717, 1.165) is 0 Å². The maximum Gasteiger partial charge on any atom is 0.0713 e. The van der Waals surface area contributed by atoms with Gasteiger partial charge in [0.2, 0.25) is 0 Å². The molecule has 1 aliphatic heterocycles. The first kappa shape index (κ1) is 8.65. The number of thioether (sulfide) groups is 1. The minimum Gasteiger partial charge on any atom is -0.291 e. The van der Waals surface area contributed by atoms with Crippen LogP contribution in [0.3, 0.4) is 0 Å². The third-order valence-electron chi connectivity index (χ3n) is 1.92. The predicted octanol–water partition coefficient (Wildman–Crippen LogP) is 1.94. The Balaban J connectivity index is 2.84. The van der Waals surface area contributed by atoms with Gasteiger partial charge in [0.25, 0.3) is 0 Å². The Morgan fingerprint density at radius 1 is 1.55 bits per heavy atom. The summed E-state index contributed by atoms with van der Waals surface area (Å²) in [7, 11) is 1.99. The fourth-order valence-corrected chi connectivity index (χ4v) is 1.44. The lowest BCUT2D eigenvalue weighted by Gasteiger charge is -2.33. The lowest BCUT2D eigenvalue weighted by atomic mass is 10.0. The minimum atomic E-state index is 0.0626. The van der Waals surface area contributed by atoms with Gasteiger partial charge in [0, 0.05) is 12.0 Å². The Hall–Kier alpha value is -0.440. The van der Waals surface area contributed by atoms with Gasteiger partial charge in [-0.15, -0.1) is 11.8 Å². The van der Waals surface area contributed by atoms with Crippen molar-refractivity contribution in [3.63, 3.8) is 0 Å². The van der Waals surface area contributed by atoms with Crippen molar-refractivity contribution in [3.05, 3.63) is 11.0 Å². The van der Waals surface area contributed by atoms with E-state index in [4.69, 9.17) is 0 Å². The molecule has 2 nitrogen and oxygen atoms in total. The van der Waals surface area contributed by atoms with Crippen molar-refractivity contribution in [3.8, 4) is 0 Å². The van der Waals surface area contributed by atoms with Crippen LogP contribution in [0.15, 0.2) is 16.1 Å². The first-order chi connectivity index (χ1) is 5.06. The van der Waals surface area contributed by atoms with Crippen molar-refractivity contribution in [2.45, 2.75) is 19.4 Å². The highest BCUT2D eigenvalue weighted by molar-refractivity contribution is 8.03. The van der Waals surface area contributed by atoms with Crippen LogP contribution in [-0.2, 0) is 0 Å². The summed E-state index contributed by atoms with van der Waals surface area (Å²) in [5.41, 5.74) is 0.0626. The van der Waals surface area contributed by atoms with Crippen LogP contribution in [0.1, 0.15) is 13.8 Å². The summed E-state index contributed by atoms with van der Waals surface area (Å²) in [6, 6.07) is 0. The van der Waals surface area contributed by atoms with Crippen molar-refractivity contribution in [1.29, 1.82) is 0 Å². The average Bonchev–Trinajstić information content (AvgIpc) is 1.95. The monoisotopic (exact) mass is 170 g/mol.